The van der Waals surface area contributed by atoms with Crippen molar-refractivity contribution in [3.05, 3.63) is 273 Å². The highest BCUT2D eigenvalue weighted by molar-refractivity contribution is 7.20. The number of hydrogen-bond acceptors (Lipinski definition) is 0. The zero-order chi connectivity index (χ0) is 46.2. The first-order valence-corrected chi connectivity index (χ1v) is 26.2. The predicted molar refractivity (Wildman–Crippen MR) is 299 cm³/mol. The number of hydrogen-bond donors (Lipinski definition) is 0. The molecular weight excluding hydrogens is 863 g/mol. The summed E-state index contributed by atoms with van der Waals surface area (Å²) in [5.74, 6) is 0. The van der Waals surface area contributed by atoms with Gasteiger partial charge in [0.15, 0.2) is 8.07 Å². The second-order valence-electron chi connectivity index (χ2n) is 18.3. The van der Waals surface area contributed by atoms with Gasteiger partial charge in [0.2, 0.25) is 0 Å². The van der Waals surface area contributed by atoms with Crippen LogP contribution in [0.5, 0.6) is 0 Å². The molecule has 0 aliphatic heterocycles. The zero-order valence-electron chi connectivity index (χ0n) is 38.3. The van der Waals surface area contributed by atoms with Gasteiger partial charge < -0.3 is 13.7 Å². The molecule has 0 radical (unpaired) electrons. The predicted octanol–water partition coefficient (Wildman–Crippen LogP) is 14.0. The summed E-state index contributed by atoms with van der Waals surface area (Å²) in [5, 5.41) is 12.7. The molecular formula is C66H45N3Si. The van der Waals surface area contributed by atoms with E-state index in [0.717, 1.165) is 28.1 Å². The van der Waals surface area contributed by atoms with Crippen molar-refractivity contribution >= 4 is 94.2 Å². The van der Waals surface area contributed by atoms with Gasteiger partial charge in [0.25, 0.3) is 0 Å². The van der Waals surface area contributed by atoms with Gasteiger partial charge in [0.1, 0.15) is 0 Å². The van der Waals surface area contributed by atoms with E-state index in [0.29, 0.717) is 0 Å². The van der Waals surface area contributed by atoms with Crippen molar-refractivity contribution in [2.75, 3.05) is 0 Å². The minimum atomic E-state index is -3.16. The molecule has 3 heterocycles. The number of rotatable bonds is 8. The van der Waals surface area contributed by atoms with Gasteiger partial charge in [-0.2, -0.15) is 0 Å². The van der Waals surface area contributed by atoms with Crippen LogP contribution in [0.2, 0.25) is 0 Å². The monoisotopic (exact) mass is 907 g/mol. The summed E-state index contributed by atoms with van der Waals surface area (Å²) in [5.41, 5.74) is 12.9. The number of fused-ring (bicyclic) bond motifs is 9. The number of para-hydroxylation sites is 5. The number of aromatic nitrogens is 3. The lowest BCUT2D eigenvalue weighted by Crippen LogP contribution is -2.75. The maximum atomic E-state index is 2.65. The standard InChI is InChI=1S/C66H45N3Si/c1-5-24-46(25-6-1)50-32-13-18-37-55(50)67-58-40-21-16-35-53(58)64-60(67)42-23-43-61(64)69-59-41-22-17-36-54(59)65-62(68-56-38-19-14-33-51(56)52-34-15-20-39-57(52)68)44-45-63(66(65)69)70(47-26-7-2-8-27-47,48-28-9-3-10-29-48)49-30-11-4-12-31-49/h1-45H. The van der Waals surface area contributed by atoms with Crippen LogP contribution in [0.15, 0.2) is 273 Å². The molecule has 0 aliphatic rings. The Labute approximate surface area is 407 Å². The largest absolute Gasteiger partial charge is 0.309 e. The van der Waals surface area contributed by atoms with Gasteiger partial charge in [-0.3, -0.25) is 0 Å². The molecule has 0 bridgehead atoms. The highest BCUT2D eigenvalue weighted by Crippen LogP contribution is 2.44. The number of nitrogens with zero attached hydrogens (tertiary/aromatic N) is 3. The van der Waals surface area contributed by atoms with Gasteiger partial charge >= 0.3 is 0 Å². The fourth-order valence-corrected chi connectivity index (χ4v) is 16.9. The normalized spacial score (nSPS) is 12.0. The van der Waals surface area contributed by atoms with Crippen LogP contribution in [0, 0.1) is 0 Å². The van der Waals surface area contributed by atoms with Crippen LogP contribution in [-0.2, 0) is 0 Å². The lowest BCUT2D eigenvalue weighted by atomic mass is 10.0. The minimum absolute atomic E-state index is 1.15. The van der Waals surface area contributed by atoms with Crippen LogP contribution in [0.4, 0.5) is 0 Å². The first-order valence-electron chi connectivity index (χ1n) is 24.2. The summed E-state index contributed by atoms with van der Waals surface area (Å²) in [4.78, 5) is 0. The third kappa shape index (κ3) is 5.81. The van der Waals surface area contributed by atoms with E-state index in [-0.39, 0.29) is 0 Å². The molecule has 14 rings (SSSR count). The molecule has 14 aromatic rings. The average Bonchev–Trinajstić information content (AvgIpc) is 4.09. The van der Waals surface area contributed by atoms with Gasteiger partial charge in [-0.15, -0.1) is 0 Å². The Balaban J connectivity index is 1.21. The van der Waals surface area contributed by atoms with E-state index < -0.39 is 8.07 Å². The third-order valence-corrected chi connectivity index (χ3v) is 19.6. The van der Waals surface area contributed by atoms with Gasteiger partial charge in [0.05, 0.1) is 50.2 Å². The fraction of sp³-hybridized carbons (Fsp3) is 0. The Kier molecular flexibility index (Phi) is 9.23. The molecule has 0 N–H and O–H groups in total. The lowest BCUT2D eigenvalue weighted by Gasteiger charge is -2.35. The summed E-state index contributed by atoms with van der Waals surface area (Å²) >= 11 is 0. The molecule has 0 aliphatic carbocycles. The van der Waals surface area contributed by atoms with E-state index in [1.54, 1.807) is 0 Å². The van der Waals surface area contributed by atoms with Gasteiger partial charge in [-0.05, 0) is 74.8 Å². The topological polar surface area (TPSA) is 14.8 Å². The Morgan fingerprint density at radius 2 is 0.629 bits per heavy atom. The molecule has 0 unspecified atom stereocenters. The van der Waals surface area contributed by atoms with Crippen molar-refractivity contribution in [2.24, 2.45) is 0 Å². The van der Waals surface area contributed by atoms with Crippen molar-refractivity contribution in [1.29, 1.82) is 0 Å². The van der Waals surface area contributed by atoms with Gasteiger partial charge in [-0.1, -0.05) is 224 Å². The van der Waals surface area contributed by atoms with Crippen LogP contribution in [0.1, 0.15) is 0 Å². The van der Waals surface area contributed by atoms with Crippen LogP contribution in [-0.4, -0.2) is 21.8 Å². The third-order valence-electron chi connectivity index (χ3n) is 14.8. The first-order chi connectivity index (χ1) is 34.8. The molecule has 70 heavy (non-hydrogen) atoms. The molecule has 328 valence electrons. The maximum Gasteiger partial charge on any atom is 0.181 e. The molecule has 0 amide bonds. The quantitative estimate of drug-likeness (QED) is 0.107. The van der Waals surface area contributed by atoms with Crippen molar-refractivity contribution in [1.82, 2.24) is 13.7 Å². The SMILES string of the molecule is c1ccc(-c2ccccc2-n2c3ccccc3c3c(-n4c5ccccc5c5c(-n6c7ccccc7c7ccccc76)ccc([Si](c6ccccc6)(c6ccccc6)c6ccccc6)c54)cccc32)cc1. The molecule has 0 fully saturated rings. The second kappa shape index (κ2) is 16.1. The summed E-state index contributed by atoms with van der Waals surface area (Å²) in [6, 6.07) is 102. The Hall–Kier alpha value is -8.96. The van der Waals surface area contributed by atoms with E-state index in [2.05, 4.69) is 287 Å². The zero-order valence-corrected chi connectivity index (χ0v) is 39.3. The van der Waals surface area contributed by atoms with E-state index in [4.69, 9.17) is 0 Å². The molecule has 0 atom stereocenters. The van der Waals surface area contributed by atoms with Gasteiger partial charge in [-0.25, -0.2) is 0 Å². The highest BCUT2D eigenvalue weighted by Gasteiger charge is 2.44. The summed E-state index contributed by atoms with van der Waals surface area (Å²) in [7, 11) is -3.16. The molecule has 3 aromatic heterocycles. The van der Waals surface area contributed by atoms with Crippen LogP contribution < -0.4 is 20.7 Å². The molecule has 0 spiro atoms. The van der Waals surface area contributed by atoms with E-state index in [1.165, 1.54) is 86.3 Å². The Morgan fingerprint density at radius 1 is 0.243 bits per heavy atom. The summed E-state index contributed by atoms with van der Waals surface area (Å²) in [6.45, 7) is 0. The molecule has 11 aromatic carbocycles. The molecule has 3 nitrogen and oxygen atoms in total. The van der Waals surface area contributed by atoms with Crippen molar-refractivity contribution < 1.29 is 0 Å². The van der Waals surface area contributed by atoms with Crippen molar-refractivity contribution in [2.45, 2.75) is 0 Å². The molecule has 4 heteroatoms. The van der Waals surface area contributed by atoms with Crippen molar-refractivity contribution in [3.63, 3.8) is 0 Å². The first kappa shape index (κ1) is 40.1. The molecule has 0 saturated carbocycles. The summed E-state index contributed by atoms with van der Waals surface area (Å²) in [6.07, 6.45) is 0. The maximum absolute atomic E-state index is 3.16. The summed E-state index contributed by atoms with van der Waals surface area (Å²) < 4.78 is 7.67. The number of benzene rings is 11. The minimum Gasteiger partial charge on any atom is -0.309 e. The van der Waals surface area contributed by atoms with E-state index >= 15 is 0 Å². The highest BCUT2D eigenvalue weighted by atomic mass is 28.3. The van der Waals surface area contributed by atoms with Crippen LogP contribution in [0.25, 0.3) is 93.6 Å². The smallest absolute Gasteiger partial charge is 0.181 e. The van der Waals surface area contributed by atoms with Gasteiger partial charge in [0, 0.05) is 37.9 Å². The Bertz CT molecular complexity index is 4130. The van der Waals surface area contributed by atoms with Crippen LogP contribution in [0.3, 0.4) is 0 Å². The molecule has 0 saturated heterocycles. The lowest BCUT2D eigenvalue weighted by molar-refractivity contribution is 1.17. The van der Waals surface area contributed by atoms with E-state index in [9.17, 15) is 0 Å². The average molecular weight is 908 g/mol. The Morgan fingerprint density at radius 3 is 1.20 bits per heavy atom. The van der Waals surface area contributed by atoms with Crippen molar-refractivity contribution in [3.8, 4) is 28.2 Å². The van der Waals surface area contributed by atoms with Crippen LogP contribution >= 0.6 is 0 Å². The fourth-order valence-electron chi connectivity index (χ4n) is 12.0. The second-order valence-corrected chi connectivity index (χ2v) is 22.1. The van der Waals surface area contributed by atoms with E-state index in [1.807, 2.05) is 0 Å².